The van der Waals surface area contributed by atoms with Crippen molar-refractivity contribution in [2.24, 2.45) is 0 Å². The first kappa shape index (κ1) is 12.6. The lowest BCUT2D eigenvalue weighted by Gasteiger charge is -2.13. The highest BCUT2D eigenvalue weighted by molar-refractivity contribution is 7.16. The minimum absolute atomic E-state index is 0.280. The van der Waals surface area contributed by atoms with Crippen LogP contribution in [-0.2, 0) is 6.42 Å². The van der Waals surface area contributed by atoms with Gasteiger partial charge in [-0.3, -0.25) is 4.98 Å². The van der Waals surface area contributed by atoms with Crippen LogP contribution in [0.5, 0.6) is 0 Å². The van der Waals surface area contributed by atoms with Gasteiger partial charge < -0.3 is 5.32 Å². The smallest absolute Gasteiger partial charge is 0.0931 e. The zero-order chi connectivity index (χ0) is 12.3. The Labute approximate surface area is 111 Å². The van der Waals surface area contributed by atoms with Gasteiger partial charge in [-0.25, -0.2) is 0 Å². The van der Waals surface area contributed by atoms with E-state index in [0.29, 0.717) is 0 Å². The molecular weight excluding hydrogens is 252 g/mol. The molecule has 17 heavy (non-hydrogen) atoms. The maximum Gasteiger partial charge on any atom is 0.0931 e. The normalized spacial score (nSPS) is 12.6. The largest absolute Gasteiger partial charge is 0.312 e. The molecule has 0 radical (unpaired) electrons. The highest BCUT2D eigenvalue weighted by Crippen LogP contribution is 2.28. The van der Waals surface area contributed by atoms with E-state index in [4.69, 9.17) is 11.6 Å². The van der Waals surface area contributed by atoms with E-state index >= 15 is 0 Å². The molecule has 0 amide bonds. The van der Waals surface area contributed by atoms with Gasteiger partial charge in [0, 0.05) is 29.2 Å². The molecule has 1 N–H and O–H groups in total. The predicted octanol–water partition coefficient (Wildman–Crippen LogP) is 3.61. The predicted molar refractivity (Wildman–Crippen MR) is 73.8 cm³/mol. The number of thiophene rings is 1. The van der Waals surface area contributed by atoms with Crippen molar-refractivity contribution < 1.29 is 0 Å². The van der Waals surface area contributed by atoms with Gasteiger partial charge in [-0.1, -0.05) is 17.7 Å². The molecule has 0 aromatic carbocycles. The molecule has 0 saturated carbocycles. The molecule has 1 unspecified atom stereocenters. The SMILES string of the molecule is CNC(Cc1ccc(C)cn1)c1ccc(Cl)s1. The second-order valence-electron chi connectivity index (χ2n) is 4.01. The molecule has 2 rings (SSSR count). The summed E-state index contributed by atoms with van der Waals surface area (Å²) in [6.45, 7) is 2.05. The third kappa shape index (κ3) is 3.28. The lowest BCUT2D eigenvalue weighted by atomic mass is 10.1. The Kier molecular flexibility index (Phi) is 4.15. The standard InChI is InChI=1S/C13H15ClN2S/c1-9-3-4-10(16-8-9)7-11(15-2)12-5-6-13(14)17-12/h3-6,8,11,15H,7H2,1-2H3. The fourth-order valence-electron chi connectivity index (χ4n) is 1.69. The Balaban J connectivity index is 2.12. The quantitative estimate of drug-likeness (QED) is 0.915. The van der Waals surface area contributed by atoms with E-state index in [-0.39, 0.29) is 6.04 Å². The first-order chi connectivity index (χ1) is 8.19. The van der Waals surface area contributed by atoms with Gasteiger partial charge in [-0.15, -0.1) is 11.3 Å². The molecule has 0 spiro atoms. The number of halogens is 1. The molecule has 1 atom stereocenters. The summed E-state index contributed by atoms with van der Waals surface area (Å²) >= 11 is 7.58. The summed E-state index contributed by atoms with van der Waals surface area (Å²) < 4.78 is 0.831. The van der Waals surface area contributed by atoms with Crippen LogP contribution in [0.2, 0.25) is 4.34 Å². The van der Waals surface area contributed by atoms with Gasteiger partial charge >= 0.3 is 0 Å². The summed E-state index contributed by atoms with van der Waals surface area (Å²) in [5.41, 5.74) is 2.29. The van der Waals surface area contributed by atoms with Gasteiger partial charge in [-0.2, -0.15) is 0 Å². The summed E-state index contributed by atoms with van der Waals surface area (Å²) in [7, 11) is 1.96. The molecule has 4 heteroatoms. The minimum Gasteiger partial charge on any atom is -0.312 e. The van der Waals surface area contributed by atoms with E-state index < -0.39 is 0 Å². The Morgan fingerprint density at radius 3 is 2.71 bits per heavy atom. The number of rotatable bonds is 4. The molecular formula is C13H15ClN2S. The highest BCUT2D eigenvalue weighted by Gasteiger charge is 2.12. The molecule has 2 heterocycles. The van der Waals surface area contributed by atoms with E-state index in [1.807, 2.05) is 26.2 Å². The van der Waals surface area contributed by atoms with E-state index in [0.717, 1.165) is 16.5 Å². The van der Waals surface area contributed by atoms with Crippen molar-refractivity contribution in [3.8, 4) is 0 Å². The molecule has 2 nitrogen and oxygen atoms in total. The fourth-order valence-corrected chi connectivity index (χ4v) is 2.86. The summed E-state index contributed by atoms with van der Waals surface area (Å²) in [6.07, 6.45) is 2.79. The van der Waals surface area contributed by atoms with Gasteiger partial charge in [-0.05, 0) is 37.7 Å². The Morgan fingerprint density at radius 2 is 2.18 bits per heavy atom. The van der Waals surface area contributed by atoms with Crippen molar-refractivity contribution in [1.82, 2.24) is 10.3 Å². The molecule has 90 valence electrons. The van der Waals surface area contributed by atoms with Crippen molar-refractivity contribution in [3.63, 3.8) is 0 Å². The summed E-state index contributed by atoms with van der Waals surface area (Å²) in [5, 5.41) is 3.31. The van der Waals surface area contributed by atoms with Gasteiger partial charge in [0.25, 0.3) is 0 Å². The average Bonchev–Trinajstić information content (AvgIpc) is 2.75. The summed E-state index contributed by atoms with van der Waals surface area (Å²) in [5.74, 6) is 0. The minimum atomic E-state index is 0.280. The maximum absolute atomic E-state index is 5.96. The topological polar surface area (TPSA) is 24.9 Å². The molecule has 0 aliphatic carbocycles. The highest BCUT2D eigenvalue weighted by atomic mass is 35.5. The van der Waals surface area contributed by atoms with E-state index in [1.165, 1.54) is 10.4 Å². The third-order valence-corrected chi connectivity index (χ3v) is 4.02. The Hall–Kier alpha value is -0.900. The maximum atomic E-state index is 5.96. The van der Waals surface area contributed by atoms with Crippen LogP contribution in [0.25, 0.3) is 0 Å². The van der Waals surface area contributed by atoms with Crippen molar-refractivity contribution in [1.29, 1.82) is 0 Å². The number of hydrogen-bond acceptors (Lipinski definition) is 3. The number of likely N-dealkylation sites (N-methyl/N-ethyl adjacent to an activating group) is 1. The van der Waals surface area contributed by atoms with Crippen LogP contribution in [0.1, 0.15) is 22.2 Å². The monoisotopic (exact) mass is 266 g/mol. The van der Waals surface area contributed by atoms with Crippen LogP contribution >= 0.6 is 22.9 Å². The van der Waals surface area contributed by atoms with Crippen LogP contribution in [0.4, 0.5) is 0 Å². The summed E-state index contributed by atoms with van der Waals surface area (Å²) in [4.78, 5) is 5.68. The number of aromatic nitrogens is 1. The fraction of sp³-hybridized carbons (Fsp3) is 0.308. The lowest BCUT2D eigenvalue weighted by molar-refractivity contribution is 0.594. The van der Waals surface area contributed by atoms with Crippen molar-refractivity contribution in [3.05, 3.63) is 50.9 Å². The second-order valence-corrected chi connectivity index (χ2v) is 5.76. The number of pyridine rings is 1. The van der Waals surface area contributed by atoms with Crippen LogP contribution in [-0.4, -0.2) is 12.0 Å². The van der Waals surface area contributed by atoms with Crippen molar-refractivity contribution >= 4 is 22.9 Å². The zero-order valence-corrected chi connectivity index (χ0v) is 11.5. The van der Waals surface area contributed by atoms with Crippen molar-refractivity contribution in [2.45, 2.75) is 19.4 Å². The van der Waals surface area contributed by atoms with E-state index in [2.05, 4.69) is 28.5 Å². The van der Waals surface area contributed by atoms with E-state index in [9.17, 15) is 0 Å². The third-order valence-electron chi connectivity index (χ3n) is 2.67. The Bertz CT molecular complexity index is 478. The number of hydrogen-bond donors (Lipinski definition) is 1. The van der Waals surface area contributed by atoms with Crippen LogP contribution in [0, 0.1) is 6.92 Å². The van der Waals surface area contributed by atoms with Crippen LogP contribution in [0.15, 0.2) is 30.5 Å². The zero-order valence-electron chi connectivity index (χ0n) is 9.90. The molecule has 2 aromatic heterocycles. The molecule has 2 aromatic rings. The molecule has 0 saturated heterocycles. The van der Waals surface area contributed by atoms with Crippen LogP contribution in [0.3, 0.4) is 0 Å². The first-order valence-electron chi connectivity index (χ1n) is 5.53. The van der Waals surface area contributed by atoms with Crippen molar-refractivity contribution in [2.75, 3.05) is 7.05 Å². The first-order valence-corrected chi connectivity index (χ1v) is 6.72. The average molecular weight is 267 g/mol. The van der Waals surface area contributed by atoms with Gasteiger partial charge in [0.2, 0.25) is 0 Å². The van der Waals surface area contributed by atoms with Gasteiger partial charge in [0.05, 0.1) is 4.34 Å². The van der Waals surface area contributed by atoms with Gasteiger partial charge in [0.1, 0.15) is 0 Å². The van der Waals surface area contributed by atoms with Crippen LogP contribution < -0.4 is 5.32 Å². The number of nitrogens with zero attached hydrogens (tertiary/aromatic N) is 1. The number of aryl methyl sites for hydroxylation is 1. The molecule has 0 fully saturated rings. The number of nitrogens with one attached hydrogen (secondary N) is 1. The molecule has 0 aliphatic heterocycles. The second kappa shape index (κ2) is 5.63. The van der Waals surface area contributed by atoms with Gasteiger partial charge in [0.15, 0.2) is 0 Å². The molecule has 0 aliphatic rings. The van der Waals surface area contributed by atoms with E-state index in [1.54, 1.807) is 11.3 Å². The Morgan fingerprint density at radius 1 is 1.35 bits per heavy atom. The summed E-state index contributed by atoms with van der Waals surface area (Å²) in [6, 6.07) is 8.46. The lowest BCUT2D eigenvalue weighted by Crippen LogP contribution is -2.18. The molecule has 0 bridgehead atoms.